The third kappa shape index (κ3) is 4.87. The zero-order chi connectivity index (χ0) is 12.5. The first-order valence-electron chi connectivity index (χ1n) is 5.87. The number of aliphatic imine (C=N–C) groups is 1. The third-order valence-electron chi connectivity index (χ3n) is 2.39. The highest BCUT2D eigenvalue weighted by Crippen LogP contribution is 2.10. The Labute approximate surface area is 103 Å². The summed E-state index contributed by atoms with van der Waals surface area (Å²) in [6.07, 6.45) is 1.04. The fourth-order valence-corrected chi connectivity index (χ4v) is 1.49. The summed E-state index contributed by atoms with van der Waals surface area (Å²) in [6.45, 7) is 4.14. The predicted molar refractivity (Wildman–Crippen MR) is 70.8 cm³/mol. The van der Waals surface area contributed by atoms with Crippen LogP contribution in [-0.4, -0.2) is 19.6 Å². The van der Waals surface area contributed by atoms with Gasteiger partial charge in [-0.2, -0.15) is 0 Å². The molecule has 17 heavy (non-hydrogen) atoms. The minimum Gasteiger partial charge on any atom is -0.380 e. The van der Waals surface area contributed by atoms with Crippen LogP contribution in [0.4, 0.5) is 0 Å². The topological polar surface area (TPSA) is 59.6 Å². The molecule has 0 unspecified atom stereocenters. The van der Waals surface area contributed by atoms with Gasteiger partial charge in [-0.25, -0.2) is 4.99 Å². The van der Waals surface area contributed by atoms with E-state index in [-0.39, 0.29) is 0 Å². The van der Waals surface area contributed by atoms with Crippen LogP contribution in [0, 0.1) is 0 Å². The fourth-order valence-electron chi connectivity index (χ4n) is 1.49. The number of nitrogens with two attached hydrogens (primary N) is 1. The molecule has 0 saturated carbocycles. The number of hydrogen-bond donors (Lipinski definition) is 2. The van der Waals surface area contributed by atoms with Gasteiger partial charge in [0, 0.05) is 13.7 Å². The van der Waals surface area contributed by atoms with Crippen LogP contribution in [0.15, 0.2) is 29.3 Å². The van der Waals surface area contributed by atoms with Crippen molar-refractivity contribution in [2.24, 2.45) is 10.7 Å². The number of nitrogens with zero attached hydrogens (tertiary/aromatic N) is 1. The van der Waals surface area contributed by atoms with E-state index in [1.54, 1.807) is 7.11 Å². The molecule has 3 N–H and O–H groups in total. The van der Waals surface area contributed by atoms with Gasteiger partial charge in [-0.15, -0.1) is 0 Å². The Kier molecular flexibility index (Phi) is 6.10. The van der Waals surface area contributed by atoms with Gasteiger partial charge in [-0.05, 0) is 17.5 Å². The van der Waals surface area contributed by atoms with Crippen LogP contribution < -0.4 is 11.1 Å². The highest BCUT2D eigenvalue weighted by Gasteiger charge is 2.00. The molecule has 4 nitrogen and oxygen atoms in total. The van der Waals surface area contributed by atoms with Gasteiger partial charge in [0.1, 0.15) is 0 Å². The number of methoxy groups -OCH3 is 1. The molecule has 0 aromatic heterocycles. The molecule has 0 radical (unpaired) electrons. The van der Waals surface area contributed by atoms with Crippen molar-refractivity contribution in [1.82, 2.24) is 5.32 Å². The highest BCUT2D eigenvalue weighted by atomic mass is 16.5. The van der Waals surface area contributed by atoms with Crippen LogP contribution in [-0.2, 0) is 17.9 Å². The van der Waals surface area contributed by atoms with Gasteiger partial charge in [0.15, 0.2) is 5.96 Å². The van der Waals surface area contributed by atoms with E-state index >= 15 is 0 Å². The molecular weight excluding hydrogens is 214 g/mol. The first kappa shape index (κ1) is 13.5. The zero-order valence-electron chi connectivity index (χ0n) is 10.6. The van der Waals surface area contributed by atoms with Gasteiger partial charge in [0.25, 0.3) is 0 Å². The summed E-state index contributed by atoms with van der Waals surface area (Å²) in [4.78, 5) is 4.30. The van der Waals surface area contributed by atoms with Gasteiger partial charge in [0.05, 0.1) is 13.2 Å². The molecule has 0 aliphatic rings. The van der Waals surface area contributed by atoms with Gasteiger partial charge in [-0.3, -0.25) is 0 Å². The molecule has 1 rings (SSSR count). The highest BCUT2D eigenvalue weighted by molar-refractivity contribution is 5.77. The van der Waals surface area contributed by atoms with E-state index in [2.05, 4.69) is 17.2 Å². The van der Waals surface area contributed by atoms with Crippen LogP contribution in [0.5, 0.6) is 0 Å². The van der Waals surface area contributed by atoms with Crippen molar-refractivity contribution >= 4 is 5.96 Å². The van der Waals surface area contributed by atoms with E-state index in [9.17, 15) is 0 Å². The molecule has 0 aliphatic heterocycles. The van der Waals surface area contributed by atoms with Crippen molar-refractivity contribution in [3.8, 4) is 0 Å². The molecule has 4 heteroatoms. The minimum atomic E-state index is 0.499. The van der Waals surface area contributed by atoms with Crippen molar-refractivity contribution in [1.29, 1.82) is 0 Å². The Bertz CT molecular complexity index is 363. The summed E-state index contributed by atoms with van der Waals surface area (Å²) in [6, 6.07) is 8.09. The third-order valence-corrected chi connectivity index (χ3v) is 2.39. The Morgan fingerprint density at radius 1 is 1.35 bits per heavy atom. The largest absolute Gasteiger partial charge is 0.380 e. The summed E-state index contributed by atoms with van der Waals surface area (Å²) >= 11 is 0. The van der Waals surface area contributed by atoms with Crippen molar-refractivity contribution in [2.75, 3.05) is 13.7 Å². The lowest BCUT2D eigenvalue weighted by Crippen LogP contribution is -2.32. The molecule has 94 valence electrons. The second-order valence-electron chi connectivity index (χ2n) is 3.83. The van der Waals surface area contributed by atoms with Crippen molar-refractivity contribution in [2.45, 2.75) is 26.5 Å². The molecule has 1 aromatic rings. The van der Waals surface area contributed by atoms with E-state index in [0.717, 1.165) is 24.1 Å². The van der Waals surface area contributed by atoms with E-state index in [1.165, 1.54) is 0 Å². The van der Waals surface area contributed by atoms with Gasteiger partial charge < -0.3 is 15.8 Å². The predicted octanol–water partition coefficient (Wildman–Crippen LogP) is 1.65. The number of rotatable bonds is 6. The Morgan fingerprint density at radius 3 is 2.71 bits per heavy atom. The number of guanidine groups is 1. The van der Waals surface area contributed by atoms with Gasteiger partial charge in [-0.1, -0.05) is 31.2 Å². The van der Waals surface area contributed by atoms with Gasteiger partial charge in [0.2, 0.25) is 0 Å². The molecule has 0 atom stereocenters. The normalized spacial score (nSPS) is 11.5. The number of benzene rings is 1. The van der Waals surface area contributed by atoms with Crippen LogP contribution in [0.2, 0.25) is 0 Å². The first-order chi connectivity index (χ1) is 8.27. The summed E-state index contributed by atoms with van der Waals surface area (Å²) in [5.74, 6) is 0.499. The molecule has 0 saturated heterocycles. The maximum Gasteiger partial charge on any atom is 0.188 e. The lowest BCUT2D eigenvalue weighted by atomic mass is 10.1. The van der Waals surface area contributed by atoms with Crippen LogP contribution in [0.25, 0.3) is 0 Å². The van der Waals surface area contributed by atoms with Crippen LogP contribution >= 0.6 is 0 Å². The maximum absolute atomic E-state index is 5.74. The Morgan fingerprint density at radius 2 is 2.06 bits per heavy atom. The summed E-state index contributed by atoms with van der Waals surface area (Å²) < 4.78 is 5.14. The first-order valence-corrected chi connectivity index (χ1v) is 5.87. The molecular formula is C13H21N3O. The zero-order valence-corrected chi connectivity index (χ0v) is 10.6. The van der Waals surface area contributed by atoms with E-state index in [4.69, 9.17) is 10.5 Å². The molecule has 0 fully saturated rings. The average Bonchev–Trinajstić information content (AvgIpc) is 2.35. The maximum atomic E-state index is 5.74. The number of nitrogens with one attached hydrogen (secondary N) is 1. The van der Waals surface area contributed by atoms with E-state index < -0.39 is 0 Å². The summed E-state index contributed by atoms with van der Waals surface area (Å²) in [5, 5.41) is 3.05. The smallest absolute Gasteiger partial charge is 0.188 e. The SMILES string of the molecule is CCCNC(N)=NCc1ccccc1COC. The van der Waals surface area contributed by atoms with Crippen molar-refractivity contribution in [3.05, 3.63) is 35.4 Å². The number of ether oxygens (including phenoxy) is 1. The Hall–Kier alpha value is -1.55. The van der Waals surface area contributed by atoms with E-state index in [0.29, 0.717) is 19.1 Å². The second kappa shape index (κ2) is 7.68. The van der Waals surface area contributed by atoms with Crippen molar-refractivity contribution in [3.63, 3.8) is 0 Å². The quantitative estimate of drug-likeness (QED) is 0.582. The van der Waals surface area contributed by atoms with E-state index in [1.807, 2.05) is 24.3 Å². The standard InChI is InChI=1S/C13H21N3O/c1-3-8-15-13(14)16-9-11-6-4-5-7-12(11)10-17-2/h4-7H,3,8-10H2,1-2H3,(H3,14,15,16). The molecule has 0 heterocycles. The lowest BCUT2D eigenvalue weighted by molar-refractivity contribution is 0.184. The monoisotopic (exact) mass is 235 g/mol. The summed E-state index contributed by atoms with van der Waals surface area (Å²) in [5.41, 5.74) is 8.04. The molecule has 0 amide bonds. The molecule has 0 aliphatic carbocycles. The molecule has 1 aromatic carbocycles. The molecule has 0 bridgehead atoms. The Balaban J connectivity index is 2.61. The minimum absolute atomic E-state index is 0.499. The summed E-state index contributed by atoms with van der Waals surface area (Å²) in [7, 11) is 1.69. The van der Waals surface area contributed by atoms with Crippen LogP contribution in [0.1, 0.15) is 24.5 Å². The molecule has 0 spiro atoms. The number of hydrogen-bond acceptors (Lipinski definition) is 2. The lowest BCUT2D eigenvalue weighted by Gasteiger charge is -2.07. The van der Waals surface area contributed by atoms with Gasteiger partial charge >= 0.3 is 0 Å². The fraction of sp³-hybridized carbons (Fsp3) is 0.462. The average molecular weight is 235 g/mol. The second-order valence-corrected chi connectivity index (χ2v) is 3.83. The van der Waals surface area contributed by atoms with Crippen molar-refractivity contribution < 1.29 is 4.74 Å². The van der Waals surface area contributed by atoms with Crippen LogP contribution in [0.3, 0.4) is 0 Å².